The molecule has 2 N–H and O–H groups in total. The van der Waals surface area contributed by atoms with E-state index in [4.69, 9.17) is 5.73 Å². The second-order valence-corrected chi connectivity index (χ2v) is 3.53. The van der Waals surface area contributed by atoms with Gasteiger partial charge in [0.2, 0.25) is 0 Å². The maximum absolute atomic E-state index is 12.3. The van der Waals surface area contributed by atoms with Gasteiger partial charge >= 0.3 is 6.18 Å². The van der Waals surface area contributed by atoms with Gasteiger partial charge in [-0.25, -0.2) is 4.98 Å². The minimum Gasteiger partial charge on any atom is -0.326 e. The summed E-state index contributed by atoms with van der Waals surface area (Å²) in [7, 11) is 0. The number of nitrogens with two attached hydrogens (primary N) is 1. The molecule has 1 heterocycles. The number of hydrogen-bond donors (Lipinski definition) is 1. The van der Waals surface area contributed by atoms with E-state index in [9.17, 15) is 13.2 Å². The highest BCUT2D eigenvalue weighted by molar-refractivity contribution is 5.35. The Kier molecular flexibility index (Phi) is 2.89. The van der Waals surface area contributed by atoms with E-state index in [1.165, 1.54) is 4.57 Å². The van der Waals surface area contributed by atoms with Gasteiger partial charge in [-0.3, -0.25) is 0 Å². The molecule has 2 aromatic rings. The van der Waals surface area contributed by atoms with E-state index in [0.717, 1.165) is 18.1 Å². The Morgan fingerprint density at radius 2 is 1.82 bits per heavy atom. The fourth-order valence-electron chi connectivity index (χ4n) is 1.41. The van der Waals surface area contributed by atoms with Crippen LogP contribution in [0, 0.1) is 0 Å². The molecule has 0 saturated heterocycles. The lowest BCUT2D eigenvalue weighted by atomic mass is 10.2. The van der Waals surface area contributed by atoms with Crippen LogP contribution in [0.3, 0.4) is 0 Å². The van der Waals surface area contributed by atoms with Crippen molar-refractivity contribution in [2.75, 3.05) is 0 Å². The van der Waals surface area contributed by atoms with Crippen molar-refractivity contribution in [2.45, 2.75) is 12.7 Å². The molecular formula is C11H10F3N3. The molecule has 6 heteroatoms. The topological polar surface area (TPSA) is 43.8 Å². The number of benzene rings is 1. The normalized spacial score (nSPS) is 11.8. The van der Waals surface area contributed by atoms with E-state index in [1.807, 2.05) is 0 Å². The van der Waals surface area contributed by atoms with E-state index in [0.29, 0.717) is 12.2 Å². The standard InChI is InChI=1S/C11H10F3N3/c12-11(13,14)10-6-17(7-16-10)9-3-1-8(5-15)2-4-9/h1-4,6-7H,5,15H2. The Morgan fingerprint density at radius 3 is 2.29 bits per heavy atom. The third kappa shape index (κ3) is 2.47. The second-order valence-electron chi connectivity index (χ2n) is 3.53. The molecule has 90 valence electrons. The zero-order valence-electron chi connectivity index (χ0n) is 8.78. The molecule has 17 heavy (non-hydrogen) atoms. The summed E-state index contributed by atoms with van der Waals surface area (Å²) in [6.45, 7) is 0.401. The average molecular weight is 241 g/mol. The van der Waals surface area contributed by atoms with Gasteiger partial charge < -0.3 is 10.3 Å². The summed E-state index contributed by atoms with van der Waals surface area (Å²) in [5, 5.41) is 0. The molecule has 0 aliphatic rings. The van der Waals surface area contributed by atoms with E-state index in [2.05, 4.69) is 4.98 Å². The van der Waals surface area contributed by atoms with Gasteiger partial charge in [-0.05, 0) is 17.7 Å². The van der Waals surface area contributed by atoms with Crippen LogP contribution in [0.15, 0.2) is 36.8 Å². The molecule has 3 nitrogen and oxygen atoms in total. The van der Waals surface area contributed by atoms with Crippen molar-refractivity contribution in [2.24, 2.45) is 5.73 Å². The largest absolute Gasteiger partial charge is 0.434 e. The maximum Gasteiger partial charge on any atom is 0.434 e. The number of alkyl halides is 3. The highest BCUT2D eigenvalue weighted by Crippen LogP contribution is 2.28. The van der Waals surface area contributed by atoms with Crippen LogP contribution in [-0.4, -0.2) is 9.55 Å². The Labute approximate surface area is 95.7 Å². The Balaban J connectivity index is 2.30. The van der Waals surface area contributed by atoms with Crippen molar-refractivity contribution in [3.8, 4) is 5.69 Å². The first-order valence-corrected chi connectivity index (χ1v) is 4.91. The van der Waals surface area contributed by atoms with Crippen LogP contribution in [0.25, 0.3) is 5.69 Å². The summed E-state index contributed by atoms with van der Waals surface area (Å²) < 4.78 is 38.4. The summed E-state index contributed by atoms with van der Waals surface area (Å²) in [5.74, 6) is 0. The van der Waals surface area contributed by atoms with Gasteiger partial charge in [0.25, 0.3) is 0 Å². The molecule has 0 saturated carbocycles. The minimum atomic E-state index is -4.41. The molecule has 0 atom stereocenters. The fourth-order valence-corrected chi connectivity index (χ4v) is 1.41. The Bertz CT molecular complexity index is 499. The van der Waals surface area contributed by atoms with Gasteiger partial charge in [0.15, 0.2) is 5.69 Å². The molecule has 0 aliphatic heterocycles. The van der Waals surface area contributed by atoms with Crippen LogP contribution in [0.1, 0.15) is 11.3 Å². The van der Waals surface area contributed by atoms with Crippen molar-refractivity contribution in [1.29, 1.82) is 0 Å². The second kappa shape index (κ2) is 4.21. The first-order valence-electron chi connectivity index (χ1n) is 4.91. The van der Waals surface area contributed by atoms with Crippen molar-refractivity contribution in [3.63, 3.8) is 0 Å². The number of hydrogen-bond acceptors (Lipinski definition) is 2. The quantitative estimate of drug-likeness (QED) is 0.877. The summed E-state index contributed by atoms with van der Waals surface area (Å²) in [5.41, 5.74) is 6.07. The van der Waals surface area contributed by atoms with Gasteiger partial charge in [-0.2, -0.15) is 13.2 Å². The van der Waals surface area contributed by atoms with Crippen LogP contribution >= 0.6 is 0 Å². The molecule has 0 radical (unpaired) electrons. The third-order valence-corrected chi connectivity index (χ3v) is 2.34. The molecular weight excluding hydrogens is 231 g/mol. The summed E-state index contributed by atoms with van der Waals surface area (Å²) in [6, 6.07) is 6.93. The van der Waals surface area contributed by atoms with Crippen LogP contribution in [0.4, 0.5) is 13.2 Å². The monoisotopic (exact) mass is 241 g/mol. The summed E-state index contributed by atoms with van der Waals surface area (Å²) >= 11 is 0. The first kappa shape index (κ1) is 11.7. The number of nitrogens with zero attached hydrogens (tertiary/aromatic N) is 2. The molecule has 0 aliphatic carbocycles. The first-order chi connectivity index (χ1) is 8.00. The van der Waals surface area contributed by atoms with Gasteiger partial charge in [-0.1, -0.05) is 12.1 Å². The fraction of sp³-hybridized carbons (Fsp3) is 0.182. The number of rotatable bonds is 2. The van der Waals surface area contributed by atoms with Crippen LogP contribution in [0.5, 0.6) is 0 Å². The van der Waals surface area contributed by atoms with E-state index in [-0.39, 0.29) is 0 Å². The molecule has 0 spiro atoms. The SMILES string of the molecule is NCc1ccc(-n2cnc(C(F)(F)F)c2)cc1. The Hall–Kier alpha value is -1.82. The van der Waals surface area contributed by atoms with Gasteiger partial charge in [0.1, 0.15) is 0 Å². The number of imidazole rings is 1. The van der Waals surface area contributed by atoms with Crippen molar-refractivity contribution < 1.29 is 13.2 Å². The van der Waals surface area contributed by atoms with Crippen LogP contribution < -0.4 is 5.73 Å². The van der Waals surface area contributed by atoms with Crippen molar-refractivity contribution >= 4 is 0 Å². The zero-order valence-corrected chi connectivity index (χ0v) is 8.78. The lowest BCUT2D eigenvalue weighted by Gasteiger charge is -2.03. The Morgan fingerprint density at radius 1 is 1.18 bits per heavy atom. The number of aromatic nitrogens is 2. The van der Waals surface area contributed by atoms with Gasteiger partial charge in [-0.15, -0.1) is 0 Å². The minimum absolute atomic E-state index is 0.401. The molecule has 1 aromatic carbocycles. The zero-order chi connectivity index (χ0) is 12.5. The van der Waals surface area contributed by atoms with E-state index >= 15 is 0 Å². The van der Waals surface area contributed by atoms with E-state index in [1.54, 1.807) is 24.3 Å². The summed E-state index contributed by atoms with van der Waals surface area (Å²) in [6.07, 6.45) is -2.32. The van der Waals surface area contributed by atoms with Gasteiger partial charge in [0, 0.05) is 18.4 Å². The maximum atomic E-state index is 12.3. The lowest BCUT2D eigenvalue weighted by molar-refractivity contribution is -0.140. The highest BCUT2D eigenvalue weighted by atomic mass is 19.4. The van der Waals surface area contributed by atoms with Crippen LogP contribution in [0.2, 0.25) is 0 Å². The molecule has 0 amide bonds. The highest BCUT2D eigenvalue weighted by Gasteiger charge is 2.33. The molecule has 0 unspecified atom stereocenters. The smallest absolute Gasteiger partial charge is 0.326 e. The molecule has 2 rings (SSSR count). The predicted molar refractivity (Wildman–Crippen MR) is 56.5 cm³/mol. The summed E-state index contributed by atoms with van der Waals surface area (Å²) in [4.78, 5) is 3.32. The number of halogens is 3. The molecule has 0 bridgehead atoms. The van der Waals surface area contributed by atoms with Crippen LogP contribution in [-0.2, 0) is 12.7 Å². The van der Waals surface area contributed by atoms with Crippen molar-refractivity contribution in [1.82, 2.24) is 9.55 Å². The third-order valence-electron chi connectivity index (χ3n) is 2.34. The van der Waals surface area contributed by atoms with Gasteiger partial charge in [0.05, 0.1) is 6.33 Å². The van der Waals surface area contributed by atoms with Crippen molar-refractivity contribution in [3.05, 3.63) is 48.0 Å². The predicted octanol–water partition coefficient (Wildman–Crippen LogP) is 2.35. The van der Waals surface area contributed by atoms with E-state index < -0.39 is 11.9 Å². The lowest BCUT2D eigenvalue weighted by Crippen LogP contribution is -2.04. The average Bonchev–Trinajstić information content (AvgIpc) is 2.78. The molecule has 0 fully saturated rings. The molecule has 1 aromatic heterocycles.